The van der Waals surface area contributed by atoms with Gasteiger partial charge in [-0.15, -0.1) is 11.6 Å². The Bertz CT molecular complexity index is 309. The molecular formula is C7H11ClN2O2S. The van der Waals surface area contributed by atoms with E-state index in [2.05, 4.69) is 10.8 Å². The Hall–Kier alpha value is -0.310. The second kappa shape index (κ2) is 4.27. The van der Waals surface area contributed by atoms with Crippen molar-refractivity contribution in [3.8, 4) is 6.07 Å². The lowest BCUT2D eigenvalue weighted by Crippen LogP contribution is -2.37. The SMILES string of the molecule is N#CC1CCCC1NS(=O)(=O)CCl. The summed E-state index contributed by atoms with van der Waals surface area (Å²) in [6.07, 6.45) is 2.40. The molecule has 13 heavy (non-hydrogen) atoms. The summed E-state index contributed by atoms with van der Waals surface area (Å²) in [6.45, 7) is 0. The molecule has 0 heterocycles. The van der Waals surface area contributed by atoms with Crippen molar-refractivity contribution >= 4 is 21.6 Å². The molecule has 0 aromatic heterocycles. The number of nitrogens with one attached hydrogen (secondary N) is 1. The van der Waals surface area contributed by atoms with Gasteiger partial charge in [-0.2, -0.15) is 5.26 Å². The molecule has 1 fully saturated rings. The molecule has 1 aliphatic rings. The summed E-state index contributed by atoms with van der Waals surface area (Å²) in [4.78, 5) is 0. The second-order valence-electron chi connectivity index (χ2n) is 3.11. The van der Waals surface area contributed by atoms with Crippen molar-refractivity contribution in [1.29, 1.82) is 5.26 Å². The maximum absolute atomic E-state index is 11.1. The number of hydrogen-bond acceptors (Lipinski definition) is 3. The molecule has 0 aliphatic heterocycles. The molecule has 4 nitrogen and oxygen atoms in total. The molecule has 0 bridgehead atoms. The van der Waals surface area contributed by atoms with E-state index < -0.39 is 15.2 Å². The molecule has 1 rings (SSSR count). The molecule has 0 spiro atoms. The van der Waals surface area contributed by atoms with Gasteiger partial charge in [-0.1, -0.05) is 6.42 Å². The summed E-state index contributed by atoms with van der Waals surface area (Å²) in [6, 6.07) is 1.85. The van der Waals surface area contributed by atoms with Gasteiger partial charge in [0, 0.05) is 6.04 Å². The summed E-state index contributed by atoms with van der Waals surface area (Å²) in [5.74, 6) is -0.196. The minimum absolute atomic E-state index is 0.196. The highest BCUT2D eigenvalue weighted by molar-refractivity contribution is 7.90. The Morgan fingerprint density at radius 1 is 1.54 bits per heavy atom. The van der Waals surface area contributed by atoms with Crippen LogP contribution in [0.5, 0.6) is 0 Å². The molecule has 0 saturated heterocycles. The molecular weight excluding hydrogens is 212 g/mol. The summed E-state index contributed by atoms with van der Waals surface area (Å²) < 4.78 is 24.6. The first-order valence-electron chi connectivity index (χ1n) is 4.04. The number of halogens is 1. The quantitative estimate of drug-likeness (QED) is 0.718. The molecule has 0 aromatic rings. The van der Waals surface area contributed by atoms with Gasteiger partial charge >= 0.3 is 0 Å². The molecule has 1 aliphatic carbocycles. The third-order valence-electron chi connectivity index (χ3n) is 2.16. The van der Waals surface area contributed by atoms with Gasteiger partial charge < -0.3 is 0 Å². The van der Waals surface area contributed by atoms with Gasteiger partial charge in [0.25, 0.3) is 0 Å². The average molecular weight is 223 g/mol. The van der Waals surface area contributed by atoms with E-state index in [1.807, 2.05) is 0 Å². The third kappa shape index (κ3) is 2.83. The highest BCUT2D eigenvalue weighted by Gasteiger charge is 2.30. The van der Waals surface area contributed by atoms with E-state index in [1.165, 1.54) is 0 Å². The van der Waals surface area contributed by atoms with Gasteiger partial charge in [-0.05, 0) is 12.8 Å². The van der Waals surface area contributed by atoms with Gasteiger partial charge in [-0.3, -0.25) is 0 Å². The number of rotatable bonds is 3. The molecule has 1 N–H and O–H groups in total. The lowest BCUT2D eigenvalue weighted by molar-refractivity contribution is 0.518. The maximum Gasteiger partial charge on any atom is 0.225 e. The number of hydrogen-bond donors (Lipinski definition) is 1. The van der Waals surface area contributed by atoms with Crippen molar-refractivity contribution < 1.29 is 8.42 Å². The van der Waals surface area contributed by atoms with E-state index in [-0.39, 0.29) is 12.0 Å². The molecule has 0 aromatic carbocycles. The van der Waals surface area contributed by atoms with E-state index >= 15 is 0 Å². The van der Waals surface area contributed by atoms with E-state index in [1.54, 1.807) is 0 Å². The summed E-state index contributed by atoms with van der Waals surface area (Å²) >= 11 is 5.23. The van der Waals surface area contributed by atoms with Gasteiger partial charge in [-0.25, -0.2) is 13.1 Å². The largest absolute Gasteiger partial charge is 0.225 e. The van der Waals surface area contributed by atoms with Crippen LogP contribution in [0.2, 0.25) is 0 Å². The number of nitrogens with zero attached hydrogens (tertiary/aromatic N) is 1. The molecule has 2 unspecified atom stereocenters. The van der Waals surface area contributed by atoms with Gasteiger partial charge in [0.05, 0.1) is 12.0 Å². The minimum atomic E-state index is -3.38. The van der Waals surface area contributed by atoms with Crippen LogP contribution in [0.1, 0.15) is 19.3 Å². The predicted octanol–water partition coefficient (Wildman–Crippen LogP) is 0.794. The number of alkyl halides is 1. The van der Waals surface area contributed by atoms with Gasteiger partial charge in [0.1, 0.15) is 5.21 Å². The van der Waals surface area contributed by atoms with Crippen molar-refractivity contribution in [2.75, 3.05) is 5.21 Å². The molecule has 74 valence electrons. The number of sulfonamides is 1. The van der Waals surface area contributed by atoms with Crippen LogP contribution in [0.3, 0.4) is 0 Å². The first-order chi connectivity index (χ1) is 6.09. The smallest absolute Gasteiger partial charge is 0.211 e. The standard InChI is InChI=1S/C7H11ClN2O2S/c8-5-13(11,12)10-7-3-1-2-6(7)4-9/h6-7,10H,1-3,5H2. The monoisotopic (exact) mass is 222 g/mol. The van der Waals surface area contributed by atoms with Crippen molar-refractivity contribution in [3.63, 3.8) is 0 Å². The fraction of sp³-hybridized carbons (Fsp3) is 0.857. The van der Waals surface area contributed by atoms with E-state index in [4.69, 9.17) is 16.9 Å². The minimum Gasteiger partial charge on any atom is -0.211 e. The normalized spacial score (nSPS) is 28.6. The van der Waals surface area contributed by atoms with Crippen molar-refractivity contribution in [3.05, 3.63) is 0 Å². The Morgan fingerprint density at radius 2 is 2.23 bits per heavy atom. The van der Waals surface area contributed by atoms with E-state index in [9.17, 15) is 8.42 Å². The van der Waals surface area contributed by atoms with Gasteiger partial charge in [0.2, 0.25) is 10.0 Å². The Labute approximate surface area is 82.9 Å². The Morgan fingerprint density at radius 3 is 2.77 bits per heavy atom. The predicted molar refractivity (Wildman–Crippen MR) is 49.5 cm³/mol. The fourth-order valence-corrected chi connectivity index (χ4v) is 2.51. The zero-order valence-electron chi connectivity index (χ0n) is 7.03. The van der Waals surface area contributed by atoms with Crippen LogP contribution in [-0.4, -0.2) is 19.7 Å². The second-order valence-corrected chi connectivity index (χ2v) is 5.45. The van der Waals surface area contributed by atoms with Crippen LogP contribution in [0.25, 0.3) is 0 Å². The summed E-state index contributed by atoms with van der Waals surface area (Å²) in [5, 5.41) is 8.25. The van der Waals surface area contributed by atoms with Crippen molar-refractivity contribution in [1.82, 2.24) is 4.72 Å². The Kier molecular flexibility index (Phi) is 3.54. The first kappa shape index (κ1) is 10.8. The summed E-state index contributed by atoms with van der Waals surface area (Å²) in [5.41, 5.74) is 0. The third-order valence-corrected chi connectivity index (χ3v) is 3.97. The first-order valence-corrected chi connectivity index (χ1v) is 6.23. The highest BCUT2D eigenvalue weighted by Crippen LogP contribution is 2.25. The topological polar surface area (TPSA) is 70.0 Å². The zero-order valence-corrected chi connectivity index (χ0v) is 8.61. The highest BCUT2D eigenvalue weighted by atomic mass is 35.5. The van der Waals surface area contributed by atoms with Crippen LogP contribution in [-0.2, 0) is 10.0 Å². The van der Waals surface area contributed by atoms with Crippen LogP contribution < -0.4 is 4.72 Å². The summed E-state index contributed by atoms with van der Waals surface area (Å²) in [7, 11) is -3.38. The van der Waals surface area contributed by atoms with Crippen LogP contribution >= 0.6 is 11.6 Å². The molecule has 0 radical (unpaired) electrons. The molecule has 2 atom stereocenters. The van der Waals surface area contributed by atoms with Crippen LogP contribution in [0, 0.1) is 17.2 Å². The lowest BCUT2D eigenvalue weighted by Gasteiger charge is -2.13. The Balaban J connectivity index is 2.60. The van der Waals surface area contributed by atoms with Crippen molar-refractivity contribution in [2.45, 2.75) is 25.3 Å². The average Bonchev–Trinajstić information content (AvgIpc) is 2.51. The lowest BCUT2D eigenvalue weighted by atomic mass is 10.1. The van der Waals surface area contributed by atoms with Crippen molar-refractivity contribution in [2.24, 2.45) is 5.92 Å². The molecule has 0 amide bonds. The van der Waals surface area contributed by atoms with Crippen LogP contribution in [0.4, 0.5) is 0 Å². The van der Waals surface area contributed by atoms with E-state index in [0.717, 1.165) is 19.3 Å². The number of nitriles is 1. The maximum atomic E-state index is 11.1. The van der Waals surface area contributed by atoms with Gasteiger partial charge in [0.15, 0.2) is 0 Å². The zero-order chi connectivity index (χ0) is 9.90. The fourth-order valence-electron chi connectivity index (χ4n) is 1.52. The molecule has 6 heteroatoms. The van der Waals surface area contributed by atoms with Crippen LogP contribution in [0.15, 0.2) is 0 Å². The van der Waals surface area contributed by atoms with E-state index in [0.29, 0.717) is 0 Å². The molecule has 1 saturated carbocycles.